The lowest BCUT2D eigenvalue weighted by atomic mass is 10.0. The molecule has 1 aromatic rings. The number of benzene rings is 1. The molecule has 18 heavy (non-hydrogen) atoms. The fourth-order valence-electron chi connectivity index (χ4n) is 1.81. The molecule has 1 aromatic carbocycles. The third-order valence-corrected chi connectivity index (χ3v) is 3.30. The molecule has 2 unspecified atom stereocenters. The Bertz CT molecular complexity index is 378. The molecule has 2 atom stereocenters. The Morgan fingerprint density at radius 3 is 2.50 bits per heavy atom. The fourth-order valence-corrected chi connectivity index (χ4v) is 1.94. The maximum absolute atomic E-state index is 11.9. The minimum Gasteiger partial charge on any atom is -0.349 e. The fraction of sp³-hybridized carbons (Fsp3) is 0.500. The van der Waals surface area contributed by atoms with Crippen molar-refractivity contribution in [3.63, 3.8) is 0 Å². The molecule has 0 saturated heterocycles. The zero-order valence-electron chi connectivity index (χ0n) is 10.9. The van der Waals surface area contributed by atoms with Gasteiger partial charge >= 0.3 is 0 Å². The van der Waals surface area contributed by atoms with E-state index in [2.05, 4.69) is 5.32 Å². The molecule has 0 radical (unpaired) electrons. The Labute approximate surface area is 114 Å². The first-order valence-electron chi connectivity index (χ1n) is 6.34. The zero-order chi connectivity index (χ0) is 13.5. The van der Waals surface area contributed by atoms with Crippen LogP contribution in [0.1, 0.15) is 38.3 Å². The molecule has 0 aliphatic heterocycles. The summed E-state index contributed by atoms with van der Waals surface area (Å²) in [5, 5.41) is 3.75. The average Bonchev–Trinajstić information content (AvgIpc) is 2.37. The van der Waals surface area contributed by atoms with Gasteiger partial charge in [0.05, 0.1) is 6.04 Å². The molecule has 0 bridgehead atoms. The molecule has 0 spiro atoms. The largest absolute Gasteiger partial charge is 0.349 e. The lowest BCUT2D eigenvalue weighted by Gasteiger charge is -2.20. The Hall–Kier alpha value is -1.06. The average molecular weight is 269 g/mol. The van der Waals surface area contributed by atoms with Crippen molar-refractivity contribution in [2.24, 2.45) is 11.7 Å². The lowest BCUT2D eigenvalue weighted by Crippen LogP contribution is -2.33. The molecule has 1 amide bonds. The molecule has 0 aliphatic carbocycles. The smallest absolute Gasteiger partial charge is 0.223 e. The molecule has 4 heteroatoms. The Kier molecular flexibility index (Phi) is 6.16. The van der Waals surface area contributed by atoms with Crippen LogP contribution in [0.15, 0.2) is 24.3 Å². The molecule has 0 fully saturated rings. The summed E-state index contributed by atoms with van der Waals surface area (Å²) in [7, 11) is 0. The molecular weight excluding hydrogens is 248 g/mol. The summed E-state index contributed by atoms with van der Waals surface area (Å²) in [6, 6.07) is 7.62. The summed E-state index contributed by atoms with van der Waals surface area (Å²) in [4.78, 5) is 11.9. The standard InChI is InChI=1S/C14H21ClN2O/c1-3-13(11-4-6-12(15)7-5-11)17-14(18)10(2)8-9-16/h4-7,10,13H,3,8-9,16H2,1-2H3,(H,17,18). The van der Waals surface area contributed by atoms with Crippen LogP contribution in [0.2, 0.25) is 5.02 Å². The minimum absolute atomic E-state index is 0.0370. The second-order valence-electron chi connectivity index (χ2n) is 4.50. The van der Waals surface area contributed by atoms with E-state index in [0.717, 1.165) is 12.0 Å². The van der Waals surface area contributed by atoms with Gasteiger partial charge in [-0.15, -0.1) is 0 Å². The summed E-state index contributed by atoms with van der Waals surface area (Å²) < 4.78 is 0. The maximum atomic E-state index is 11.9. The molecule has 100 valence electrons. The van der Waals surface area contributed by atoms with Crippen molar-refractivity contribution in [3.05, 3.63) is 34.9 Å². The third kappa shape index (κ3) is 4.31. The molecule has 3 N–H and O–H groups in total. The first-order valence-corrected chi connectivity index (χ1v) is 6.72. The Morgan fingerprint density at radius 1 is 1.39 bits per heavy atom. The van der Waals surface area contributed by atoms with Crippen LogP contribution < -0.4 is 11.1 Å². The second kappa shape index (κ2) is 7.39. The number of rotatable bonds is 6. The van der Waals surface area contributed by atoms with Crippen LogP contribution in [0.3, 0.4) is 0 Å². The summed E-state index contributed by atoms with van der Waals surface area (Å²) in [5.74, 6) is 0.0126. The zero-order valence-corrected chi connectivity index (χ0v) is 11.7. The predicted octanol–water partition coefficient (Wildman–Crippen LogP) is 2.89. The van der Waals surface area contributed by atoms with Crippen LogP contribution in [-0.2, 0) is 4.79 Å². The van der Waals surface area contributed by atoms with Crippen LogP contribution in [-0.4, -0.2) is 12.5 Å². The minimum atomic E-state index is -0.0450. The van der Waals surface area contributed by atoms with Gasteiger partial charge in [-0.1, -0.05) is 37.6 Å². The van der Waals surface area contributed by atoms with Crippen LogP contribution >= 0.6 is 11.6 Å². The topological polar surface area (TPSA) is 55.1 Å². The molecule has 0 aromatic heterocycles. The maximum Gasteiger partial charge on any atom is 0.223 e. The van der Waals surface area contributed by atoms with E-state index in [1.165, 1.54) is 0 Å². The van der Waals surface area contributed by atoms with Gasteiger partial charge in [-0.3, -0.25) is 4.79 Å². The van der Waals surface area contributed by atoms with Crippen LogP contribution in [0, 0.1) is 5.92 Å². The van der Waals surface area contributed by atoms with Gasteiger partial charge in [-0.2, -0.15) is 0 Å². The van der Waals surface area contributed by atoms with Crippen molar-refractivity contribution in [1.29, 1.82) is 0 Å². The van der Waals surface area contributed by atoms with Gasteiger partial charge in [-0.05, 0) is 37.1 Å². The van der Waals surface area contributed by atoms with E-state index >= 15 is 0 Å². The third-order valence-electron chi connectivity index (χ3n) is 3.04. The number of nitrogens with two attached hydrogens (primary N) is 1. The Morgan fingerprint density at radius 2 is 2.00 bits per heavy atom. The molecular formula is C14H21ClN2O. The van der Waals surface area contributed by atoms with Crippen LogP contribution in [0.4, 0.5) is 0 Å². The van der Waals surface area contributed by atoms with Gasteiger partial charge in [0.2, 0.25) is 5.91 Å². The normalized spacial score (nSPS) is 14.0. The summed E-state index contributed by atoms with van der Waals surface area (Å²) in [6.45, 7) is 4.48. The quantitative estimate of drug-likeness (QED) is 0.834. The highest BCUT2D eigenvalue weighted by molar-refractivity contribution is 6.30. The number of nitrogens with one attached hydrogen (secondary N) is 1. The molecule has 0 aliphatic rings. The van der Waals surface area contributed by atoms with E-state index in [0.29, 0.717) is 18.0 Å². The van der Waals surface area contributed by atoms with E-state index in [1.807, 2.05) is 38.1 Å². The highest BCUT2D eigenvalue weighted by Gasteiger charge is 2.17. The van der Waals surface area contributed by atoms with Gasteiger partial charge in [0.15, 0.2) is 0 Å². The molecule has 1 rings (SSSR count). The number of carbonyl (C=O) groups excluding carboxylic acids is 1. The van der Waals surface area contributed by atoms with E-state index in [4.69, 9.17) is 17.3 Å². The lowest BCUT2D eigenvalue weighted by molar-refractivity contribution is -0.125. The van der Waals surface area contributed by atoms with Gasteiger partial charge in [-0.25, -0.2) is 0 Å². The van der Waals surface area contributed by atoms with E-state index in [9.17, 15) is 4.79 Å². The molecule has 0 heterocycles. The SMILES string of the molecule is CCC(NC(=O)C(C)CCN)c1ccc(Cl)cc1. The first-order chi connectivity index (χ1) is 8.58. The number of hydrogen-bond acceptors (Lipinski definition) is 2. The van der Waals surface area contributed by atoms with Crippen molar-refractivity contribution < 1.29 is 4.79 Å². The monoisotopic (exact) mass is 268 g/mol. The van der Waals surface area contributed by atoms with Crippen LogP contribution in [0.5, 0.6) is 0 Å². The summed E-state index contributed by atoms with van der Waals surface area (Å²) in [6.07, 6.45) is 1.56. The van der Waals surface area contributed by atoms with Crippen molar-refractivity contribution in [3.8, 4) is 0 Å². The van der Waals surface area contributed by atoms with Gasteiger partial charge in [0.25, 0.3) is 0 Å². The van der Waals surface area contributed by atoms with E-state index < -0.39 is 0 Å². The number of carbonyl (C=O) groups is 1. The van der Waals surface area contributed by atoms with Gasteiger partial charge in [0.1, 0.15) is 0 Å². The van der Waals surface area contributed by atoms with Gasteiger partial charge in [0, 0.05) is 10.9 Å². The first kappa shape index (κ1) is 15.0. The number of halogens is 1. The molecule has 0 saturated carbocycles. The molecule has 3 nitrogen and oxygen atoms in total. The van der Waals surface area contributed by atoms with Crippen molar-refractivity contribution in [2.45, 2.75) is 32.7 Å². The number of amides is 1. The highest BCUT2D eigenvalue weighted by atomic mass is 35.5. The summed E-state index contributed by atoms with van der Waals surface area (Å²) >= 11 is 5.86. The van der Waals surface area contributed by atoms with Gasteiger partial charge < -0.3 is 11.1 Å². The Balaban J connectivity index is 2.67. The van der Waals surface area contributed by atoms with Crippen molar-refractivity contribution in [1.82, 2.24) is 5.32 Å². The van der Waals surface area contributed by atoms with Crippen LogP contribution in [0.25, 0.3) is 0 Å². The van der Waals surface area contributed by atoms with Crippen molar-refractivity contribution in [2.75, 3.05) is 6.54 Å². The number of hydrogen-bond donors (Lipinski definition) is 2. The van der Waals surface area contributed by atoms with E-state index in [1.54, 1.807) is 0 Å². The van der Waals surface area contributed by atoms with Crippen molar-refractivity contribution >= 4 is 17.5 Å². The predicted molar refractivity (Wildman–Crippen MR) is 75.5 cm³/mol. The second-order valence-corrected chi connectivity index (χ2v) is 4.94. The van der Waals surface area contributed by atoms with E-state index in [-0.39, 0.29) is 17.9 Å². The summed E-state index contributed by atoms with van der Waals surface area (Å²) in [5.41, 5.74) is 6.54. The highest BCUT2D eigenvalue weighted by Crippen LogP contribution is 2.19.